The molecule has 1 aromatic carbocycles. The van der Waals surface area contributed by atoms with Crippen molar-refractivity contribution in [2.45, 2.75) is 6.92 Å². The lowest BCUT2D eigenvalue weighted by atomic mass is 10.2. The number of hydrogen-bond donors (Lipinski definition) is 3. The van der Waals surface area contributed by atoms with E-state index in [0.717, 1.165) is 37.3 Å². The van der Waals surface area contributed by atoms with Crippen molar-refractivity contribution in [3.8, 4) is 5.75 Å². The Morgan fingerprint density at radius 2 is 1.76 bits per heavy atom. The zero-order chi connectivity index (χ0) is 12.1. The average molecular weight is 234 g/mol. The molecule has 2 heterocycles. The van der Waals surface area contributed by atoms with Gasteiger partial charge in [0.1, 0.15) is 5.76 Å². The molecular formula is C13H18N2O2. The summed E-state index contributed by atoms with van der Waals surface area (Å²) in [6.07, 6.45) is 0. The van der Waals surface area contributed by atoms with Crippen molar-refractivity contribution in [2.24, 2.45) is 0 Å². The first-order valence-corrected chi connectivity index (χ1v) is 5.87. The number of fused-ring (bicyclic) bond motifs is 1. The molecule has 0 bridgehead atoms. The molecule has 1 aliphatic rings. The monoisotopic (exact) mass is 234 g/mol. The van der Waals surface area contributed by atoms with E-state index in [1.165, 1.54) is 0 Å². The fraction of sp³-hybridized carbons (Fsp3) is 0.385. The lowest BCUT2D eigenvalue weighted by molar-refractivity contribution is 0.461. The normalized spacial score (nSPS) is 15.4. The van der Waals surface area contributed by atoms with Gasteiger partial charge in [-0.05, 0) is 19.1 Å². The van der Waals surface area contributed by atoms with Crippen LogP contribution in [0.2, 0.25) is 0 Å². The minimum absolute atomic E-state index is 0.204. The third kappa shape index (κ3) is 3.22. The summed E-state index contributed by atoms with van der Waals surface area (Å²) in [6, 6.07) is 7.22. The molecule has 0 aliphatic carbocycles. The van der Waals surface area contributed by atoms with Crippen LogP contribution in [0, 0.1) is 6.92 Å². The highest BCUT2D eigenvalue weighted by molar-refractivity contribution is 5.83. The van der Waals surface area contributed by atoms with Gasteiger partial charge in [-0.2, -0.15) is 0 Å². The highest BCUT2D eigenvalue weighted by Gasteiger charge is 2.02. The summed E-state index contributed by atoms with van der Waals surface area (Å²) in [4.78, 5) is 0. The molecule has 0 saturated carbocycles. The zero-order valence-corrected chi connectivity index (χ0v) is 9.99. The fourth-order valence-corrected chi connectivity index (χ4v) is 1.78. The van der Waals surface area contributed by atoms with Gasteiger partial charge in [0, 0.05) is 31.6 Å². The van der Waals surface area contributed by atoms with Crippen molar-refractivity contribution in [2.75, 3.05) is 26.2 Å². The molecule has 0 atom stereocenters. The van der Waals surface area contributed by atoms with Crippen LogP contribution >= 0.6 is 0 Å². The number of hydrogen-bond acceptors (Lipinski definition) is 4. The van der Waals surface area contributed by atoms with Gasteiger partial charge >= 0.3 is 0 Å². The minimum Gasteiger partial charge on any atom is -0.504 e. The van der Waals surface area contributed by atoms with Crippen molar-refractivity contribution in [1.82, 2.24) is 10.6 Å². The Morgan fingerprint density at radius 3 is 2.29 bits per heavy atom. The van der Waals surface area contributed by atoms with Crippen molar-refractivity contribution >= 4 is 11.0 Å². The van der Waals surface area contributed by atoms with Gasteiger partial charge in [-0.15, -0.1) is 0 Å². The van der Waals surface area contributed by atoms with Crippen LogP contribution in [-0.2, 0) is 0 Å². The van der Waals surface area contributed by atoms with Gasteiger partial charge in [0.05, 0.1) is 0 Å². The standard InChI is InChI=1S/C9H8O2.C4H10N2/c1-6-5-7-3-2-4-8(10)9(7)11-6;1-2-6-4-3-5-1/h2-5,10H,1H3;5-6H,1-4H2. The summed E-state index contributed by atoms with van der Waals surface area (Å²) < 4.78 is 5.25. The van der Waals surface area contributed by atoms with Crippen LogP contribution < -0.4 is 10.6 Å². The van der Waals surface area contributed by atoms with Crippen molar-refractivity contribution in [3.63, 3.8) is 0 Å². The van der Waals surface area contributed by atoms with E-state index in [9.17, 15) is 5.11 Å². The van der Waals surface area contributed by atoms with Gasteiger partial charge in [-0.1, -0.05) is 12.1 Å². The van der Waals surface area contributed by atoms with Gasteiger partial charge in [-0.3, -0.25) is 0 Å². The lowest BCUT2D eigenvalue weighted by Crippen LogP contribution is -2.39. The number of nitrogens with one attached hydrogen (secondary N) is 2. The number of benzene rings is 1. The van der Waals surface area contributed by atoms with Crippen LogP contribution in [0.15, 0.2) is 28.7 Å². The number of aryl methyl sites for hydroxylation is 1. The van der Waals surface area contributed by atoms with Crippen molar-refractivity contribution in [3.05, 3.63) is 30.0 Å². The summed E-state index contributed by atoms with van der Waals surface area (Å²) in [6.45, 7) is 6.42. The van der Waals surface area contributed by atoms with Gasteiger partial charge in [-0.25, -0.2) is 0 Å². The minimum atomic E-state index is 0.204. The number of furan rings is 1. The molecule has 92 valence electrons. The van der Waals surface area contributed by atoms with E-state index in [2.05, 4.69) is 10.6 Å². The molecule has 3 rings (SSSR count). The molecule has 1 aliphatic heterocycles. The first-order chi connectivity index (χ1) is 8.27. The molecule has 0 radical (unpaired) electrons. The molecule has 0 amide bonds. The van der Waals surface area contributed by atoms with Gasteiger partial charge in [0.15, 0.2) is 11.3 Å². The molecule has 2 aromatic rings. The van der Waals surface area contributed by atoms with E-state index in [1.54, 1.807) is 12.1 Å². The van der Waals surface area contributed by atoms with E-state index in [0.29, 0.717) is 5.58 Å². The Balaban J connectivity index is 0.000000153. The van der Waals surface area contributed by atoms with E-state index in [1.807, 2.05) is 19.1 Å². The van der Waals surface area contributed by atoms with E-state index in [-0.39, 0.29) is 5.75 Å². The van der Waals surface area contributed by atoms with Gasteiger partial charge in [0.25, 0.3) is 0 Å². The van der Waals surface area contributed by atoms with Crippen LogP contribution in [0.25, 0.3) is 11.0 Å². The van der Waals surface area contributed by atoms with E-state index >= 15 is 0 Å². The SMILES string of the molecule is C1CNCCN1.Cc1cc2cccc(O)c2o1. The first-order valence-electron chi connectivity index (χ1n) is 5.87. The maximum absolute atomic E-state index is 9.29. The Bertz CT molecular complexity index is 464. The topological polar surface area (TPSA) is 57.4 Å². The summed E-state index contributed by atoms with van der Waals surface area (Å²) >= 11 is 0. The number of aromatic hydroxyl groups is 1. The number of para-hydroxylation sites is 1. The Kier molecular flexibility index (Phi) is 4.01. The Morgan fingerprint density at radius 1 is 1.12 bits per heavy atom. The molecule has 3 N–H and O–H groups in total. The predicted molar refractivity (Wildman–Crippen MR) is 68.4 cm³/mol. The highest BCUT2D eigenvalue weighted by atomic mass is 16.4. The van der Waals surface area contributed by atoms with Crippen LogP contribution in [0.1, 0.15) is 5.76 Å². The summed E-state index contributed by atoms with van der Waals surface area (Å²) in [5.41, 5.74) is 0.574. The first kappa shape index (κ1) is 12.0. The average Bonchev–Trinajstić information content (AvgIpc) is 2.74. The molecular weight excluding hydrogens is 216 g/mol. The molecule has 17 heavy (non-hydrogen) atoms. The second-order valence-electron chi connectivity index (χ2n) is 4.05. The second kappa shape index (κ2) is 5.70. The van der Waals surface area contributed by atoms with Crippen LogP contribution in [0.5, 0.6) is 5.75 Å². The fourth-order valence-electron chi connectivity index (χ4n) is 1.78. The summed E-state index contributed by atoms with van der Waals surface area (Å²) in [5, 5.41) is 16.7. The lowest BCUT2D eigenvalue weighted by Gasteiger charge is -2.11. The maximum atomic E-state index is 9.29. The van der Waals surface area contributed by atoms with Gasteiger partial charge < -0.3 is 20.2 Å². The molecule has 1 aromatic heterocycles. The molecule has 1 saturated heterocycles. The predicted octanol–water partition coefficient (Wildman–Crippen LogP) is 1.63. The summed E-state index contributed by atoms with van der Waals surface area (Å²) in [7, 11) is 0. The van der Waals surface area contributed by atoms with Crippen LogP contribution in [0.3, 0.4) is 0 Å². The van der Waals surface area contributed by atoms with Crippen LogP contribution in [0.4, 0.5) is 0 Å². The third-order valence-electron chi connectivity index (χ3n) is 2.60. The third-order valence-corrected chi connectivity index (χ3v) is 2.60. The zero-order valence-electron chi connectivity index (χ0n) is 9.99. The largest absolute Gasteiger partial charge is 0.504 e. The van der Waals surface area contributed by atoms with Crippen molar-refractivity contribution in [1.29, 1.82) is 0 Å². The number of phenolic OH excluding ortho intramolecular Hbond substituents is 1. The molecule has 4 heteroatoms. The molecule has 1 fully saturated rings. The van der Waals surface area contributed by atoms with E-state index in [4.69, 9.17) is 4.42 Å². The number of phenols is 1. The number of piperazine rings is 1. The Hall–Kier alpha value is -1.52. The second-order valence-corrected chi connectivity index (χ2v) is 4.05. The maximum Gasteiger partial charge on any atom is 0.175 e. The number of rotatable bonds is 0. The van der Waals surface area contributed by atoms with E-state index < -0.39 is 0 Å². The van der Waals surface area contributed by atoms with Crippen molar-refractivity contribution < 1.29 is 9.52 Å². The Labute approximate surface area is 101 Å². The molecule has 0 unspecified atom stereocenters. The molecule has 0 spiro atoms. The summed E-state index contributed by atoms with van der Waals surface area (Å²) in [5.74, 6) is 1.03. The highest BCUT2D eigenvalue weighted by Crippen LogP contribution is 2.26. The smallest absolute Gasteiger partial charge is 0.175 e. The quantitative estimate of drug-likeness (QED) is 0.648. The molecule has 4 nitrogen and oxygen atoms in total. The van der Waals surface area contributed by atoms with Gasteiger partial charge in [0.2, 0.25) is 0 Å². The van der Waals surface area contributed by atoms with Crippen LogP contribution in [-0.4, -0.2) is 31.3 Å².